The number of aromatic nitrogens is 2. The monoisotopic (exact) mass is 720 g/mol. The summed E-state index contributed by atoms with van der Waals surface area (Å²) in [6, 6.07) is 64.1. The minimum Gasteiger partial charge on any atom is -0.453 e. The number of nitrogens with zero attached hydrogens (tertiary/aromatic N) is 4. The molecule has 0 fully saturated rings. The Labute approximate surface area is 325 Å². The maximum absolute atomic E-state index is 6.27. The summed E-state index contributed by atoms with van der Waals surface area (Å²) in [6.07, 6.45) is 0. The topological polar surface area (TPSA) is 41.5 Å². The number of ether oxygens (including phenoxy) is 1. The first kappa shape index (κ1) is 32.2. The number of hydrogen-bond donors (Lipinski definition) is 0. The van der Waals surface area contributed by atoms with Gasteiger partial charge >= 0.3 is 0 Å². The molecule has 3 heterocycles. The molecule has 266 valence electrons. The van der Waals surface area contributed by atoms with E-state index in [1.165, 1.54) is 22.5 Å². The lowest BCUT2D eigenvalue weighted by atomic mass is 9.73. The van der Waals surface area contributed by atoms with Gasteiger partial charge in [-0.3, -0.25) is 0 Å². The smallest absolute Gasteiger partial charge is 0.160 e. The van der Waals surface area contributed by atoms with E-state index >= 15 is 0 Å². The highest BCUT2D eigenvalue weighted by atomic mass is 16.5. The summed E-state index contributed by atoms with van der Waals surface area (Å²) < 4.78 is 6.27. The van der Waals surface area contributed by atoms with Crippen LogP contribution < -0.4 is 14.5 Å². The van der Waals surface area contributed by atoms with Gasteiger partial charge in [-0.2, -0.15) is 0 Å². The first-order valence-electron chi connectivity index (χ1n) is 19.1. The molecular formula is C51H36N4O. The average Bonchev–Trinajstić information content (AvgIpc) is 3.25. The summed E-state index contributed by atoms with van der Waals surface area (Å²) in [6.45, 7) is 4.64. The van der Waals surface area contributed by atoms with Crippen molar-refractivity contribution in [2.75, 3.05) is 9.80 Å². The molecule has 0 radical (unpaired) electrons. The van der Waals surface area contributed by atoms with Gasteiger partial charge in [0.2, 0.25) is 0 Å². The predicted octanol–water partition coefficient (Wildman–Crippen LogP) is 13.8. The Morgan fingerprint density at radius 3 is 1.55 bits per heavy atom. The van der Waals surface area contributed by atoms with E-state index < -0.39 is 0 Å². The Hall–Kier alpha value is -7.24. The molecule has 11 rings (SSSR count). The molecule has 0 N–H and O–H groups in total. The molecule has 0 atom stereocenters. The Bertz CT molecular complexity index is 2890. The van der Waals surface area contributed by atoms with Crippen molar-refractivity contribution in [2.45, 2.75) is 19.3 Å². The van der Waals surface area contributed by atoms with E-state index in [4.69, 9.17) is 14.7 Å². The first-order valence-corrected chi connectivity index (χ1v) is 19.1. The van der Waals surface area contributed by atoms with Crippen molar-refractivity contribution in [2.24, 2.45) is 0 Å². The lowest BCUT2D eigenvalue weighted by Crippen LogP contribution is -2.30. The highest BCUT2D eigenvalue weighted by Gasteiger charge is 2.36. The third-order valence-electron chi connectivity index (χ3n) is 11.4. The Kier molecular flexibility index (Phi) is 7.13. The lowest BCUT2D eigenvalue weighted by molar-refractivity contribution is 0.477. The van der Waals surface area contributed by atoms with Crippen LogP contribution >= 0.6 is 0 Å². The summed E-state index contributed by atoms with van der Waals surface area (Å²) in [5.74, 6) is 2.34. The van der Waals surface area contributed by atoms with Gasteiger partial charge in [0.05, 0.1) is 34.0 Å². The van der Waals surface area contributed by atoms with Gasteiger partial charge in [-0.05, 0) is 95.4 Å². The van der Waals surface area contributed by atoms with E-state index in [9.17, 15) is 0 Å². The van der Waals surface area contributed by atoms with Gasteiger partial charge in [-0.25, -0.2) is 9.97 Å². The van der Waals surface area contributed by atoms with Crippen molar-refractivity contribution in [1.29, 1.82) is 0 Å². The maximum atomic E-state index is 6.27. The fraction of sp³-hybridized carbons (Fsp3) is 0.0588. The van der Waals surface area contributed by atoms with Gasteiger partial charge in [0.1, 0.15) is 0 Å². The zero-order chi connectivity index (χ0) is 37.4. The van der Waals surface area contributed by atoms with Crippen molar-refractivity contribution in [1.82, 2.24) is 9.97 Å². The molecule has 0 saturated heterocycles. The van der Waals surface area contributed by atoms with E-state index in [0.29, 0.717) is 5.82 Å². The van der Waals surface area contributed by atoms with Gasteiger partial charge in [-0.1, -0.05) is 117 Å². The molecule has 0 aliphatic carbocycles. The molecule has 0 bridgehead atoms. The number of fused-ring (bicyclic) bond motifs is 7. The SMILES string of the molecule is CC1(C)c2ccccc2N(c2ccc(-c3nc(-c4ccc(N5c6ccccc6Oc6ccccc65)cc4)nc4c3ccc3ccccc34)cc2)c2ccccc21. The summed E-state index contributed by atoms with van der Waals surface area (Å²) in [5, 5.41) is 3.28. The minimum atomic E-state index is -0.113. The highest BCUT2D eigenvalue weighted by Crippen LogP contribution is 2.52. The number of rotatable bonds is 4. The molecule has 0 saturated carbocycles. The summed E-state index contributed by atoms with van der Waals surface area (Å²) in [7, 11) is 0. The molecule has 5 nitrogen and oxygen atoms in total. The van der Waals surface area contributed by atoms with Crippen molar-refractivity contribution in [3.05, 3.63) is 193 Å². The van der Waals surface area contributed by atoms with Crippen molar-refractivity contribution in [3.8, 4) is 34.1 Å². The van der Waals surface area contributed by atoms with Gasteiger partial charge < -0.3 is 14.5 Å². The highest BCUT2D eigenvalue weighted by molar-refractivity contribution is 6.09. The van der Waals surface area contributed by atoms with Crippen LogP contribution in [0.25, 0.3) is 44.3 Å². The number of benzene rings is 8. The fourth-order valence-electron chi connectivity index (χ4n) is 8.67. The second-order valence-electron chi connectivity index (χ2n) is 15.0. The third kappa shape index (κ3) is 4.94. The predicted molar refractivity (Wildman–Crippen MR) is 229 cm³/mol. The van der Waals surface area contributed by atoms with E-state index in [2.05, 4.69) is 169 Å². The normalized spacial score (nSPS) is 13.8. The van der Waals surface area contributed by atoms with Crippen LogP contribution in [0.1, 0.15) is 25.0 Å². The van der Waals surface area contributed by atoms with Crippen LogP contribution in [0.3, 0.4) is 0 Å². The van der Waals surface area contributed by atoms with Gasteiger partial charge in [0.15, 0.2) is 17.3 Å². The Morgan fingerprint density at radius 1 is 0.429 bits per heavy atom. The molecule has 0 spiro atoms. The second-order valence-corrected chi connectivity index (χ2v) is 15.0. The Morgan fingerprint density at radius 2 is 0.929 bits per heavy atom. The van der Waals surface area contributed by atoms with Crippen LogP contribution in [0.5, 0.6) is 11.5 Å². The average molecular weight is 721 g/mol. The van der Waals surface area contributed by atoms with Crippen molar-refractivity contribution >= 4 is 55.8 Å². The quantitative estimate of drug-likeness (QED) is 0.169. The molecule has 0 amide bonds. The molecular weight excluding hydrogens is 685 g/mol. The zero-order valence-electron chi connectivity index (χ0n) is 31.0. The molecule has 9 aromatic rings. The first-order chi connectivity index (χ1) is 27.5. The van der Waals surface area contributed by atoms with E-state index in [1.807, 2.05) is 36.4 Å². The molecule has 1 aromatic heterocycles. The molecule has 2 aliphatic heterocycles. The summed E-state index contributed by atoms with van der Waals surface area (Å²) in [5.41, 5.74) is 12.9. The standard InChI is InChI=1S/C51H36N4O/c1-51(2)40-15-5-7-17-42(40)54(43-18-8-6-16-41(43)51)36-28-23-34(24-29-36)48-39-32-27-33-13-3-4-14-38(33)49(39)53-50(52-48)35-25-30-37(31-26-35)55-44-19-9-11-21-46(44)56-47-22-12-10-20-45(47)55/h3-32H,1-2H3. The largest absolute Gasteiger partial charge is 0.453 e. The van der Waals surface area contributed by atoms with Crippen LogP contribution in [-0.2, 0) is 5.41 Å². The molecule has 2 aliphatic rings. The van der Waals surface area contributed by atoms with Crippen LogP contribution in [-0.4, -0.2) is 9.97 Å². The molecule has 56 heavy (non-hydrogen) atoms. The number of para-hydroxylation sites is 6. The van der Waals surface area contributed by atoms with Gasteiger partial charge in [0.25, 0.3) is 0 Å². The molecule has 8 aromatic carbocycles. The van der Waals surface area contributed by atoms with Crippen LogP contribution in [0, 0.1) is 0 Å². The van der Waals surface area contributed by atoms with Crippen molar-refractivity contribution < 1.29 is 4.74 Å². The van der Waals surface area contributed by atoms with Gasteiger partial charge in [-0.15, -0.1) is 0 Å². The Balaban J connectivity index is 1.03. The van der Waals surface area contributed by atoms with E-state index in [-0.39, 0.29) is 5.41 Å². The van der Waals surface area contributed by atoms with Crippen molar-refractivity contribution in [3.63, 3.8) is 0 Å². The summed E-state index contributed by atoms with van der Waals surface area (Å²) >= 11 is 0. The van der Waals surface area contributed by atoms with E-state index in [1.54, 1.807) is 0 Å². The lowest BCUT2D eigenvalue weighted by Gasteiger charge is -2.42. The van der Waals surface area contributed by atoms with Gasteiger partial charge in [0, 0.05) is 38.7 Å². The maximum Gasteiger partial charge on any atom is 0.160 e. The summed E-state index contributed by atoms with van der Waals surface area (Å²) in [4.78, 5) is 15.3. The zero-order valence-corrected chi connectivity index (χ0v) is 31.0. The van der Waals surface area contributed by atoms with Crippen LogP contribution in [0.2, 0.25) is 0 Å². The number of anilines is 6. The number of hydrogen-bond acceptors (Lipinski definition) is 5. The minimum absolute atomic E-state index is 0.113. The molecule has 5 heteroatoms. The fourth-order valence-corrected chi connectivity index (χ4v) is 8.67. The third-order valence-corrected chi connectivity index (χ3v) is 11.4. The van der Waals surface area contributed by atoms with Crippen LogP contribution in [0.4, 0.5) is 34.1 Å². The second kappa shape index (κ2) is 12.4. The van der Waals surface area contributed by atoms with E-state index in [0.717, 1.165) is 72.7 Å². The van der Waals surface area contributed by atoms with Crippen LogP contribution in [0.15, 0.2) is 182 Å². The molecule has 0 unspecified atom stereocenters.